The standard InChI is InChI=1S/C16H17N3OS/c1-12-7-8-14(10-18-19-16(17)21)9-15(12)20-11-13-5-3-2-4-6-13/h2-10H,11H2,1H3,(H3,17,19,21). The molecule has 0 bridgehead atoms. The topological polar surface area (TPSA) is 59.6 Å². The first-order valence-corrected chi connectivity index (χ1v) is 6.92. The van der Waals surface area contributed by atoms with Crippen molar-refractivity contribution in [2.24, 2.45) is 10.8 Å². The van der Waals surface area contributed by atoms with Crippen LogP contribution in [0.1, 0.15) is 16.7 Å². The lowest BCUT2D eigenvalue weighted by Gasteiger charge is -2.10. The van der Waals surface area contributed by atoms with Crippen LogP contribution in [-0.2, 0) is 6.61 Å². The molecule has 0 heterocycles. The molecule has 0 unspecified atom stereocenters. The van der Waals surface area contributed by atoms with Gasteiger partial charge in [0.05, 0.1) is 6.21 Å². The molecule has 0 atom stereocenters. The Balaban J connectivity index is 2.05. The number of nitrogens with two attached hydrogens (primary N) is 1. The molecule has 4 nitrogen and oxygen atoms in total. The molecule has 2 rings (SSSR count). The number of thiocarbonyl (C=S) groups is 1. The minimum absolute atomic E-state index is 0.138. The van der Waals surface area contributed by atoms with Gasteiger partial charge in [-0.1, -0.05) is 42.5 Å². The largest absolute Gasteiger partial charge is 0.489 e. The number of hydrogen-bond donors (Lipinski definition) is 2. The Bertz CT molecular complexity index is 641. The zero-order valence-electron chi connectivity index (χ0n) is 11.7. The van der Waals surface area contributed by atoms with Gasteiger partial charge in [-0.25, -0.2) is 0 Å². The molecule has 0 aromatic heterocycles. The summed E-state index contributed by atoms with van der Waals surface area (Å²) >= 11 is 4.68. The van der Waals surface area contributed by atoms with E-state index in [0.29, 0.717) is 6.61 Å². The number of hydrogen-bond acceptors (Lipinski definition) is 3. The Hall–Kier alpha value is -2.40. The van der Waals surface area contributed by atoms with Gasteiger partial charge in [0.15, 0.2) is 5.11 Å². The fourth-order valence-corrected chi connectivity index (χ4v) is 1.81. The molecule has 0 saturated carbocycles. The van der Waals surface area contributed by atoms with Gasteiger partial charge in [0.25, 0.3) is 0 Å². The summed E-state index contributed by atoms with van der Waals surface area (Å²) in [7, 11) is 0. The second kappa shape index (κ2) is 7.40. The number of aryl methyl sites for hydroxylation is 1. The predicted octanol–water partition coefficient (Wildman–Crippen LogP) is 2.74. The van der Waals surface area contributed by atoms with E-state index in [1.54, 1.807) is 6.21 Å². The van der Waals surface area contributed by atoms with Gasteiger partial charge in [0.2, 0.25) is 0 Å². The van der Waals surface area contributed by atoms with Crippen molar-refractivity contribution in [2.75, 3.05) is 0 Å². The van der Waals surface area contributed by atoms with Crippen LogP contribution in [0.15, 0.2) is 53.6 Å². The summed E-state index contributed by atoms with van der Waals surface area (Å²) in [5, 5.41) is 4.07. The molecular formula is C16H17N3OS. The third-order valence-corrected chi connectivity index (χ3v) is 2.93. The van der Waals surface area contributed by atoms with E-state index in [0.717, 1.165) is 22.4 Å². The van der Waals surface area contributed by atoms with E-state index < -0.39 is 0 Å². The van der Waals surface area contributed by atoms with E-state index in [4.69, 9.17) is 10.5 Å². The normalized spacial score (nSPS) is 10.5. The maximum Gasteiger partial charge on any atom is 0.184 e. The molecule has 0 aliphatic carbocycles. The van der Waals surface area contributed by atoms with Gasteiger partial charge in [-0.3, -0.25) is 5.43 Å². The van der Waals surface area contributed by atoms with Crippen LogP contribution in [0.25, 0.3) is 0 Å². The van der Waals surface area contributed by atoms with Gasteiger partial charge < -0.3 is 10.5 Å². The molecule has 21 heavy (non-hydrogen) atoms. The minimum Gasteiger partial charge on any atom is -0.489 e. The molecule has 0 radical (unpaired) electrons. The first-order valence-electron chi connectivity index (χ1n) is 6.51. The fraction of sp³-hybridized carbons (Fsp3) is 0.125. The maximum atomic E-state index is 5.86. The lowest BCUT2D eigenvalue weighted by atomic mass is 10.1. The molecule has 0 aliphatic heterocycles. The molecule has 0 spiro atoms. The molecule has 0 amide bonds. The first kappa shape index (κ1) is 15.0. The highest BCUT2D eigenvalue weighted by Crippen LogP contribution is 2.20. The Labute approximate surface area is 129 Å². The second-order valence-electron chi connectivity index (χ2n) is 4.53. The van der Waals surface area contributed by atoms with E-state index in [1.165, 1.54) is 0 Å². The van der Waals surface area contributed by atoms with Gasteiger partial charge in [0.1, 0.15) is 12.4 Å². The van der Waals surface area contributed by atoms with Crippen LogP contribution < -0.4 is 15.9 Å². The van der Waals surface area contributed by atoms with Gasteiger partial charge in [-0.15, -0.1) is 0 Å². The lowest BCUT2D eigenvalue weighted by Crippen LogP contribution is -2.23. The van der Waals surface area contributed by atoms with Gasteiger partial charge in [-0.2, -0.15) is 5.10 Å². The minimum atomic E-state index is 0.138. The summed E-state index contributed by atoms with van der Waals surface area (Å²) in [4.78, 5) is 0. The smallest absolute Gasteiger partial charge is 0.184 e. The molecule has 3 N–H and O–H groups in total. The number of ether oxygens (including phenoxy) is 1. The van der Waals surface area contributed by atoms with Gasteiger partial charge >= 0.3 is 0 Å². The number of rotatable bonds is 5. The summed E-state index contributed by atoms with van der Waals surface area (Å²) in [6.45, 7) is 2.54. The summed E-state index contributed by atoms with van der Waals surface area (Å²) in [5.74, 6) is 0.832. The maximum absolute atomic E-state index is 5.86. The molecule has 0 fully saturated rings. The van der Waals surface area contributed by atoms with Crippen molar-refractivity contribution in [1.29, 1.82) is 0 Å². The number of hydrazone groups is 1. The number of benzene rings is 2. The monoisotopic (exact) mass is 299 g/mol. The Kier molecular flexibility index (Phi) is 5.29. The second-order valence-corrected chi connectivity index (χ2v) is 4.97. The van der Waals surface area contributed by atoms with E-state index in [-0.39, 0.29) is 5.11 Å². The van der Waals surface area contributed by atoms with Crippen LogP contribution in [0.5, 0.6) is 5.75 Å². The van der Waals surface area contributed by atoms with E-state index in [9.17, 15) is 0 Å². The molecule has 0 saturated heterocycles. The Morgan fingerprint density at radius 2 is 2.05 bits per heavy atom. The molecule has 5 heteroatoms. The lowest BCUT2D eigenvalue weighted by molar-refractivity contribution is 0.304. The Morgan fingerprint density at radius 3 is 2.76 bits per heavy atom. The van der Waals surface area contributed by atoms with Crippen molar-refractivity contribution in [3.8, 4) is 5.75 Å². The summed E-state index contributed by atoms with van der Waals surface area (Å²) in [6, 6.07) is 15.9. The quantitative estimate of drug-likeness (QED) is 0.506. The van der Waals surface area contributed by atoms with Crippen LogP contribution in [0.3, 0.4) is 0 Å². The molecule has 0 aliphatic rings. The first-order chi connectivity index (χ1) is 10.1. The predicted molar refractivity (Wildman–Crippen MR) is 89.5 cm³/mol. The van der Waals surface area contributed by atoms with Crippen LogP contribution in [-0.4, -0.2) is 11.3 Å². The number of nitrogens with zero attached hydrogens (tertiary/aromatic N) is 1. The van der Waals surface area contributed by atoms with Crippen molar-refractivity contribution in [1.82, 2.24) is 5.43 Å². The zero-order chi connectivity index (χ0) is 15.1. The van der Waals surface area contributed by atoms with Crippen LogP contribution in [0, 0.1) is 6.92 Å². The third kappa shape index (κ3) is 4.89. The van der Waals surface area contributed by atoms with Crippen LogP contribution in [0.2, 0.25) is 0 Å². The third-order valence-electron chi connectivity index (χ3n) is 2.84. The van der Waals surface area contributed by atoms with Crippen molar-refractivity contribution in [3.63, 3.8) is 0 Å². The van der Waals surface area contributed by atoms with E-state index in [1.807, 2.05) is 55.5 Å². The van der Waals surface area contributed by atoms with Crippen LogP contribution in [0.4, 0.5) is 0 Å². The molecular weight excluding hydrogens is 282 g/mol. The summed E-state index contributed by atoms with van der Waals surface area (Å²) in [5.41, 5.74) is 10.9. The van der Waals surface area contributed by atoms with Crippen LogP contribution >= 0.6 is 12.2 Å². The fourth-order valence-electron chi connectivity index (χ4n) is 1.76. The van der Waals surface area contributed by atoms with Crippen molar-refractivity contribution >= 4 is 23.5 Å². The average molecular weight is 299 g/mol. The highest BCUT2D eigenvalue weighted by atomic mass is 32.1. The zero-order valence-corrected chi connectivity index (χ0v) is 12.6. The SMILES string of the molecule is Cc1ccc(C=NNC(N)=S)cc1OCc1ccccc1. The van der Waals surface area contributed by atoms with Crippen molar-refractivity contribution in [3.05, 3.63) is 65.2 Å². The molecule has 2 aromatic carbocycles. The highest BCUT2D eigenvalue weighted by molar-refractivity contribution is 7.80. The average Bonchev–Trinajstić information content (AvgIpc) is 2.48. The van der Waals surface area contributed by atoms with E-state index in [2.05, 4.69) is 22.7 Å². The van der Waals surface area contributed by atoms with Crippen molar-refractivity contribution < 1.29 is 4.74 Å². The Morgan fingerprint density at radius 1 is 1.29 bits per heavy atom. The number of nitrogens with one attached hydrogen (secondary N) is 1. The van der Waals surface area contributed by atoms with Gasteiger partial charge in [0, 0.05) is 0 Å². The highest BCUT2D eigenvalue weighted by Gasteiger charge is 2.01. The summed E-state index contributed by atoms with van der Waals surface area (Å²) < 4.78 is 5.86. The van der Waals surface area contributed by atoms with Crippen molar-refractivity contribution in [2.45, 2.75) is 13.5 Å². The molecule has 2 aromatic rings. The van der Waals surface area contributed by atoms with Gasteiger partial charge in [-0.05, 0) is 41.9 Å². The van der Waals surface area contributed by atoms with E-state index >= 15 is 0 Å². The summed E-state index contributed by atoms with van der Waals surface area (Å²) in [6.07, 6.45) is 1.65. The molecule has 108 valence electrons.